The van der Waals surface area contributed by atoms with Crippen LogP contribution < -0.4 is 5.43 Å². The van der Waals surface area contributed by atoms with Gasteiger partial charge in [-0.15, -0.1) is 0 Å². The first-order valence-electron chi connectivity index (χ1n) is 7.89. The van der Waals surface area contributed by atoms with Crippen molar-refractivity contribution in [2.24, 2.45) is 0 Å². The number of hydrogen-bond donors (Lipinski definition) is 1. The second kappa shape index (κ2) is 5.49. The van der Waals surface area contributed by atoms with E-state index < -0.39 is 0 Å². The number of aromatic nitrogens is 3. The molecule has 4 aromatic rings. The quantitative estimate of drug-likeness (QED) is 0.608. The third kappa shape index (κ3) is 2.24. The Labute approximate surface area is 139 Å². The molecule has 0 aliphatic carbocycles. The molecule has 2 heterocycles. The summed E-state index contributed by atoms with van der Waals surface area (Å²) in [4.78, 5) is 16.0. The SMILES string of the molecule is Cc1ccccc1-n1nc(C)c2c(=O)cc(-c3ccccc3)[nH]c21. The van der Waals surface area contributed by atoms with Gasteiger partial charge in [-0.05, 0) is 31.0 Å². The molecule has 0 unspecified atom stereocenters. The molecule has 118 valence electrons. The summed E-state index contributed by atoms with van der Waals surface area (Å²) in [6.07, 6.45) is 0. The fourth-order valence-electron chi connectivity index (χ4n) is 3.05. The number of para-hydroxylation sites is 1. The summed E-state index contributed by atoms with van der Waals surface area (Å²) < 4.78 is 1.83. The van der Waals surface area contributed by atoms with E-state index >= 15 is 0 Å². The maximum Gasteiger partial charge on any atom is 0.193 e. The highest BCUT2D eigenvalue weighted by Crippen LogP contribution is 2.23. The zero-order valence-corrected chi connectivity index (χ0v) is 13.6. The fourth-order valence-corrected chi connectivity index (χ4v) is 3.05. The molecule has 4 heteroatoms. The number of aromatic amines is 1. The van der Waals surface area contributed by atoms with Crippen LogP contribution in [-0.4, -0.2) is 14.8 Å². The van der Waals surface area contributed by atoms with Crippen LogP contribution >= 0.6 is 0 Å². The van der Waals surface area contributed by atoms with Crippen LogP contribution in [0.3, 0.4) is 0 Å². The molecule has 0 bridgehead atoms. The van der Waals surface area contributed by atoms with Gasteiger partial charge in [0.1, 0.15) is 5.65 Å². The zero-order valence-electron chi connectivity index (χ0n) is 13.6. The Hall–Kier alpha value is -3.14. The van der Waals surface area contributed by atoms with E-state index in [1.54, 1.807) is 6.07 Å². The average Bonchev–Trinajstić information content (AvgIpc) is 2.93. The summed E-state index contributed by atoms with van der Waals surface area (Å²) in [5, 5.41) is 5.24. The predicted molar refractivity (Wildman–Crippen MR) is 96.6 cm³/mol. The monoisotopic (exact) mass is 315 g/mol. The van der Waals surface area contributed by atoms with Crippen molar-refractivity contribution < 1.29 is 0 Å². The van der Waals surface area contributed by atoms with Gasteiger partial charge in [-0.2, -0.15) is 5.10 Å². The minimum atomic E-state index is -0.0139. The van der Waals surface area contributed by atoms with Crippen molar-refractivity contribution in [1.82, 2.24) is 14.8 Å². The maximum absolute atomic E-state index is 12.6. The first-order chi connectivity index (χ1) is 11.6. The second-order valence-electron chi connectivity index (χ2n) is 5.92. The Morgan fingerprint density at radius 2 is 1.67 bits per heavy atom. The summed E-state index contributed by atoms with van der Waals surface area (Å²) in [5.74, 6) is 0. The van der Waals surface area contributed by atoms with Gasteiger partial charge in [0.05, 0.1) is 22.5 Å². The Kier molecular flexibility index (Phi) is 3.31. The van der Waals surface area contributed by atoms with E-state index in [9.17, 15) is 4.79 Å². The lowest BCUT2D eigenvalue weighted by molar-refractivity contribution is 0.871. The topological polar surface area (TPSA) is 50.7 Å². The summed E-state index contributed by atoms with van der Waals surface area (Å²) in [6, 6.07) is 19.5. The van der Waals surface area contributed by atoms with Crippen molar-refractivity contribution in [3.8, 4) is 16.9 Å². The third-order valence-electron chi connectivity index (χ3n) is 4.26. The molecule has 1 N–H and O–H groups in total. The molecule has 0 aliphatic heterocycles. The van der Waals surface area contributed by atoms with E-state index in [4.69, 9.17) is 0 Å². The van der Waals surface area contributed by atoms with Gasteiger partial charge < -0.3 is 4.98 Å². The van der Waals surface area contributed by atoms with Crippen molar-refractivity contribution in [1.29, 1.82) is 0 Å². The molecule has 24 heavy (non-hydrogen) atoms. The highest BCUT2D eigenvalue weighted by Gasteiger charge is 2.15. The van der Waals surface area contributed by atoms with Crippen molar-refractivity contribution in [2.45, 2.75) is 13.8 Å². The summed E-state index contributed by atoms with van der Waals surface area (Å²) in [7, 11) is 0. The Balaban J connectivity index is 2.05. The molecule has 0 saturated carbocycles. The van der Waals surface area contributed by atoms with Crippen molar-refractivity contribution >= 4 is 11.0 Å². The molecule has 0 fully saturated rings. The van der Waals surface area contributed by atoms with Gasteiger partial charge in [0.25, 0.3) is 0 Å². The van der Waals surface area contributed by atoms with Crippen LogP contribution in [0.4, 0.5) is 0 Å². The molecule has 4 rings (SSSR count). The van der Waals surface area contributed by atoms with Crippen LogP contribution in [-0.2, 0) is 0 Å². The first kappa shape index (κ1) is 14.5. The van der Waals surface area contributed by atoms with Crippen molar-refractivity contribution in [3.05, 3.63) is 82.1 Å². The normalized spacial score (nSPS) is 11.1. The van der Waals surface area contributed by atoms with Crippen LogP contribution in [0, 0.1) is 13.8 Å². The first-order valence-corrected chi connectivity index (χ1v) is 7.89. The summed E-state index contributed by atoms with van der Waals surface area (Å²) in [6.45, 7) is 3.91. The lowest BCUT2D eigenvalue weighted by Gasteiger charge is -2.08. The highest BCUT2D eigenvalue weighted by atomic mass is 16.1. The summed E-state index contributed by atoms with van der Waals surface area (Å²) in [5.41, 5.74) is 5.29. The van der Waals surface area contributed by atoms with E-state index in [2.05, 4.69) is 10.1 Å². The largest absolute Gasteiger partial charge is 0.339 e. The summed E-state index contributed by atoms with van der Waals surface area (Å²) >= 11 is 0. The third-order valence-corrected chi connectivity index (χ3v) is 4.26. The number of nitrogens with zero attached hydrogens (tertiary/aromatic N) is 2. The van der Waals surface area contributed by atoms with Gasteiger partial charge >= 0.3 is 0 Å². The van der Waals surface area contributed by atoms with Gasteiger partial charge in [-0.3, -0.25) is 4.79 Å². The Morgan fingerprint density at radius 3 is 2.42 bits per heavy atom. The van der Waals surface area contributed by atoms with E-state index in [1.165, 1.54) is 0 Å². The van der Waals surface area contributed by atoms with Gasteiger partial charge in [0, 0.05) is 6.07 Å². The van der Waals surface area contributed by atoms with E-state index in [0.717, 1.165) is 33.8 Å². The number of aryl methyl sites for hydroxylation is 2. The average molecular weight is 315 g/mol. The maximum atomic E-state index is 12.6. The van der Waals surface area contributed by atoms with Gasteiger partial charge in [0.15, 0.2) is 5.43 Å². The molecule has 0 atom stereocenters. The highest BCUT2D eigenvalue weighted by molar-refractivity contribution is 5.82. The second-order valence-corrected chi connectivity index (χ2v) is 5.92. The molecule has 0 spiro atoms. The number of benzene rings is 2. The van der Waals surface area contributed by atoms with Crippen LogP contribution in [0.5, 0.6) is 0 Å². The van der Waals surface area contributed by atoms with Crippen LogP contribution in [0.2, 0.25) is 0 Å². The molecule has 2 aromatic carbocycles. The number of nitrogens with one attached hydrogen (secondary N) is 1. The molecule has 0 amide bonds. The minimum Gasteiger partial charge on any atom is -0.339 e. The van der Waals surface area contributed by atoms with Crippen LogP contribution in [0.25, 0.3) is 28.0 Å². The van der Waals surface area contributed by atoms with Crippen LogP contribution in [0.15, 0.2) is 65.5 Å². The molecule has 0 radical (unpaired) electrons. The van der Waals surface area contributed by atoms with Gasteiger partial charge in [-0.25, -0.2) is 4.68 Å². The number of pyridine rings is 1. The smallest absolute Gasteiger partial charge is 0.193 e. The number of H-pyrrole nitrogens is 1. The number of fused-ring (bicyclic) bond motifs is 1. The van der Waals surface area contributed by atoms with Gasteiger partial charge in [-0.1, -0.05) is 48.5 Å². The fraction of sp³-hybridized carbons (Fsp3) is 0.100. The predicted octanol–water partition coefficient (Wildman–Crippen LogP) is 4.00. The van der Waals surface area contributed by atoms with Crippen LogP contribution in [0.1, 0.15) is 11.3 Å². The molecule has 0 saturated heterocycles. The number of hydrogen-bond acceptors (Lipinski definition) is 2. The van der Waals surface area contributed by atoms with E-state index in [-0.39, 0.29) is 5.43 Å². The van der Waals surface area contributed by atoms with E-state index in [0.29, 0.717) is 5.39 Å². The van der Waals surface area contributed by atoms with Gasteiger partial charge in [0.2, 0.25) is 0 Å². The minimum absolute atomic E-state index is 0.0139. The molecular weight excluding hydrogens is 298 g/mol. The van der Waals surface area contributed by atoms with Crippen molar-refractivity contribution in [3.63, 3.8) is 0 Å². The van der Waals surface area contributed by atoms with E-state index in [1.807, 2.05) is 73.1 Å². The lowest BCUT2D eigenvalue weighted by Crippen LogP contribution is -2.05. The Bertz CT molecular complexity index is 1090. The van der Waals surface area contributed by atoms with Crippen molar-refractivity contribution in [2.75, 3.05) is 0 Å². The molecule has 2 aromatic heterocycles. The molecule has 4 nitrogen and oxygen atoms in total. The Morgan fingerprint density at radius 1 is 0.958 bits per heavy atom. The number of rotatable bonds is 2. The zero-order chi connectivity index (χ0) is 16.7. The molecular formula is C20H17N3O. The standard InChI is InChI=1S/C20H17N3O/c1-13-8-6-7-11-17(13)23-20-19(14(2)22-23)18(24)12-16(21-20)15-9-4-3-5-10-15/h3-12H,1-2H3,(H,21,24). The lowest BCUT2D eigenvalue weighted by atomic mass is 10.1. The molecule has 0 aliphatic rings.